The highest BCUT2D eigenvalue weighted by Gasteiger charge is 2.34. The summed E-state index contributed by atoms with van der Waals surface area (Å²) < 4.78 is 39.0. The molecule has 1 atom stereocenters. The molecule has 1 unspecified atom stereocenters. The summed E-state index contributed by atoms with van der Waals surface area (Å²) in [6, 6.07) is 3.82. The molecule has 1 aliphatic rings. The minimum absolute atomic E-state index is 0.158. The molecule has 3 N–H and O–H groups in total. The molecular weight excluding hydrogens is 285 g/mol. The van der Waals surface area contributed by atoms with Crippen LogP contribution in [0.5, 0.6) is 0 Å². The van der Waals surface area contributed by atoms with Crippen LogP contribution in [0.2, 0.25) is 0 Å². The Hall–Kier alpha value is -1.76. The predicted molar refractivity (Wildman–Crippen MR) is 71.5 cm³/mol. The average molecular weight is 302 g/mol. The Morgan fingerprint density at radius 1 is 1.43 bits per heavy atom. The SMILES string of the molecule is NC(=O)C1CCCN(c2ccc(CO)c(C(F)(F)F)c2)C1. The molecule has 1 fully saturated rings. The lowest BCUT2D eigenvalue weighted by molar-refractivity contribution is -0.138. The van der Waals surface area contributed by atoms with E-state index in [-0.39, 0.29) is 11.5 Å². The number of alkyl halides is 3. The van der Waals surface area contributed by atoms with E-state index in [0.29, 0.717) is 31.6 Å². The summed E-state index contributed by atoms with van der Waals surface area (Å²) in [5.41, 5.74) is 4.67. The summed E-state index contributed by atoms with van der Waals surface area (Å²) in [7, 11) is 0. The molecular formula is C14H17F3N2O2. The third-order valence-electron chi connectivity index (χ3n) is 3.76. The first-order chi connectivity index (χ1) is 9.82. The number of aliphatic hydroxyl groups excluding tert-OH is 1. The van der Waals surface area contributed by atoms with E-state index in [2.05, 4.69) is 0 Å². The molecule has 1 amide bonds. The second-order valence-corrected chi connectivity index (χ2v) is 5.18. The lowest BCUT2D eigenvalue weighted by Crippen LogP contribution is -2.41. The standard InChI is InChI=1S/C14H17F3N2O2/c15-14(16,17)12-6-11(4-3-10(12)8-20)19-5-1-2-9(7-19)13(18)21/h3-4,6,9,20H,1-2,5,7-8H2,(H2,18,21). The molecule has 0 radical (unpaired) electrons. The highest BCUT2D eigenvalue weighted by Crippen LogP contribution is 2.35. The molecule has 0 spiro atoms. The van der Waals surface area contributed by atoms with Crippen molar-refractivity contribution in [1.29, 1.82) is 0 Å². The zero-order valence-corrected chi connectivity index (χ0v) is 11.4. The van der Waals surface area contributed by atoms with Crippen molar-refractivity contribution in [3.8, 4) is 0 Å². The number of hydrogen-bond donors (Lipinski definition) is 2. The summed E-state index contributed by atoms with van der Waals surface area (Å²) in [5, 5.41) is 9.02. The van der Waals surface area contributed by atoms with E-state index >= 15 is 0 Å². The Labute approximate surface area is 120 Å². The van der Waals surface area contributed by atoms with Crippen LogP contribution in [0.25, 0.3) is 0 Å². The number of amides is 1. The van der Waals surface area contributed by atoms with E-state index in [0.717, 1.165) is 6.07 Å². The van der Waals surface area contributed by atoms with E-state index in [1.54, 1.807) is 4.90 Å². The number of halogens is 3. The van der Waals surface area contributed by atoms with Crippen molar-refractivity contribution < 1.29 is 23.1 Å². The number of primary amides is 1. The van der Waals surface area contributed by atoms with E-state index < -0.39 is 24.3 Å². The molecule has 1 aromatic carbocycles. The topological polar surface area (TPSA) is 66.6 Å². The lowest BCUT2D eigenvalue weighted by Gasteiger charge is -2.33. The van der Waals surface area contributed by atoms with E-state index in [9.17, 15) is 18.0 Å². The maximum atomic E-state index is 13.0. The Morgan fingerprint density at radius 2 is 2.14 bits per heavy atom. The van der Waals surface area contributed by atoms with Crippen molar-refractivity contribution in [2.24, 2.45) is 11.7 Å². The Bertz CT molecular complexity index is 531. The highest BCUT2D eigenvalue weighted by molar-refractivity contribution is 5.77. The van der Waals surface area contributed by atoms with Gasteiger partial charge in [0.25, 0.3) is 0 Å². The highest BCUT2D eigenvalue weighted by atomic mass is 19.4. The molecule has 7 heteroatoms. The van der Waals surface area contributed by atoms with Gasteiger partial charge in [0.15, 0.2) is 0 Å². The number of nitrogens with zero attached hydrogens (tertiary/aromatic N) is 1. The van der Waals surface area contributed by atoms with Crippen LogP contribution in [0.15, 0.2) is 18.2 Å². The van der Waals surface area contributed by atoms with Crippen LogP contribution in [0.4, 0.5) is 18.9 Å². The average Bonchev–Trinajstić information content (AvgIpc) is 2.45. The molecule has 116 valence electrons. The minimum atomic E-state index is -4.52. The zero-order chi connectivity index (χ0) is 15.6. The molecule has 1 heterocycles. The quantitative estimate of drug-likeness (QED) is 0.896. The van der Waals surface area contributed by atoms with Gasteiger partial charge in [0, 0.05) is 18.8 Å². The molecule has 1 aromatic rings. The van der Waals surface area contributed by atoms with Crippen molar-refractivity contribution in [2.75, 3.05) is 18.0 Å². The Morgan fingerprint density at radius 3 is 2.71 bits per heavy atom. The van der Waals surface area contributed by atoms with Crippen LogP contribution in [0.3, 0.4) is 0 Å². The van der Waals surface area contributed by atoms with Crippen molar-refractivity contribution in [2.45, 2.75) is 25.6 Å². The molecule has 4 nitrogen and oxygen atoms in total. The van der Waals surface area contributed by atoms with Crippen LogP contribution < -0.4 is 10.6 Å². The number of carbonyl (C=O) groups excluding carboxylic acids is 1. The zero-order valence-electron chi connectivity index (χ0n) is 11.4. The van der Waals surface area contributed by atoms with Crippen molar-refractivity contribution >= 4 is 11.6 Å². The summed E-state index contributed by atoms with van der Waals surface area (Å²) in [5.74, 6) is -0.770. The largest absolute Gasteiger partial charge is 0.416 e. The normalized spacial score (nSPS) is 19.6. The summed E-state index contributed by atoms with van der Waals surface area (Å²) in [6.45, 7) is 0.240. The number of piperidine rings is 1. The van der Waals surface area contributed by atoms with E-state index in [1.165, 1.54) is 12.1 Å². The lowest BCUT2D eigenvalue weighted by atomic mass is 9.96. The van der Waals surface area contributed by atoms with Gasteiger partial charge in [-0.15, -0.1) is 0 Å². The van der Waals surface area contributed by atoms with Crippen molar-refractivity contribution in [3.05, 3.63) is 29.3 Å². The number of carbonyl (C=O) groups is 1. The molecule has 2 rings (SSSR count). The third-order valence-corrected chi connectivity index (χ3v) is 3.76. The van der Waals surface area contributed by atoms with Crippen molar-refractivity contribution in [3.63, 3.8) is 0 Å². The van der Waals surface area contributed by atoms with Gasteiger partial charge in [0.05, 0.1) is 18.1 Å². The van der Waals surface area contributed by atoms with Crippen molar-refractivity contribution in [1.82, 2.24) is 0 Å². The molecule has 0 aromatic heterocycles. The van der Waals surface area contributed by atoms with Gasteiger partial charge in [-0.05, 0) is 30.5 Å². The monoisotopic (exact) mass is 302 g/mol. The predicted octanol–water partition coefficient (Wildman–Crippen LogP) is 1.90. The fraction of sp³-hybridized carbons (Fsp3) is 0.500. The first-order valence-corrected chi connectivity index (χ1v) is 6.68. The minimum Gasteiger partial charge on any atom is -0.392 e. The third kappa shape index (κ3) is 3.47. The summed E-state index contributed by atoms with van der Waals surface area (Å²) in [4.78, 5) is 13.0. The number of anilines is 1. The fourth-order valence-corrected chi connectivity index (χ4v) is 2.61. The number of aliphatic hydroxyl groups is 1. The van der Waals surface area contributed by atoms with Gasteiger partial charge < -0.3 is 15.7 Å². The second kappa shape index (κ2) is 5.93. The Balaban J connectivity index is 2.30. The summed E-state index contributed by atoms with van der Waals surface area (Å²) in [6.07, 6.45) is -3.16. The molecule has 21 heavy (non-hydrogen) atoms. The van der Waals surface area contributed by atoms with Crippen LogP contribution >= 0.6 is 0 Å². The molecule has 0 aliphatic carbocycles. The number of nitrogens with two attached hydrogens (primary N) is 1. The number of hydrogen-bond acceptors (Lipinski definition) is 3. The van der Waals surface area contributed by atoms with Gasteiger partial charge in [0.2, 0.25) is 5.91 Å². The smallest absolute Gasteiger partial charge is 0.392 e. The first-order valence-electron chi connectivity index (χ1n) is 6.68. The maximum absolute atomic E-state index is 13.0. The maximum Gasteiger partial charge on any atom is 0.416 e. The molecule has 0 saturated carbocycles. The molecule has 1 saturated heterocycles. The number of rotatable bonds is 3. The van der Waals surface area contributed by atoms with Crippen LogP contribution in [0.1, 0.15) is 24.0 Å². The van der Waals surface area contributed by atoms with Gasteiger partial charge >= 0.3 is 6.18 Å². The van der Waals surface area contributed by atoms with Gasteiger partial charge in [-0.2, -0.15) is 13.2 Å². The van der Waals surface area contributed by atoms with Gasteiger partial charge in [0.1, 0.15) is 0 Å². The molecule has 0 bridgehead atoms. The van der Waals surface area contributed by atoms with Gasteiger partial charge in [-0.3, -0.25) is 4.79 Å². The van der Waals surface area contributed by atoms with Crippen LogP contribution in [-0.4, -0.2) is 24.1 Å². The van der Waals surface area contributed by atoms with Crippen LogP contribution in [-0.2, 0) is 17.6 Å². The molecule has 1 aliphatic heterocycles. The first kappa shape index (κ1) is 15.6. The number of benzene rings is 1. The summed E-state index contributed by atoms with van der Waals surface area (Å²) >= 11 is 0. The van der Waals surface area contributed by atoms with Gasteiger partial charge in [-0.1, -0.05) is 6.07 Å². The van der Waals surface area contributed by atoms with Crippen LogP contribution in [0, 0.1) is 5.92 Å². The van der Waals surface area contributed by atoms with Gasteiger partial charge in [-0.25, -0.2) is 0 Å². The Kier molecular flexibility index (Phi) is 4.41. The van der Waals surface area contributed by atoms with E-state index in [4.69, 9.17) is 10.8 Å². The fourth-order valence-electron chi connectivity index (χ4n) is 2.61. The second-order valence-electron chi connectivity index (χ2n) is 5.18. The van der Waals surface area contributed by atoms with E-state index in [1.807, 2.05) is 0 Å².